The molecule has 0 fully saturated rings. The van der Waals surface area contributed by atoms with E-state index in [0.29, 0.717) is 5.69 Å². The second-order valence-corrected chi connectivity index (χ2v) is 9.35. The summed E-state index contributed by atoms with van der Waals surface area (Å²) < 4.78 is 31.9. The zero-order valence-electron chi connectivity index (χ0n) is 15.7. The number of carbonyl (C=O) groups excluding carboxylic acids is 1. The Morgan fingerprint density at radius 1 is 1.00 bits per heavy atom. The second-order valence-electron chi connectivity index (χ2n) is 6.23. The molecule has 1 amide bonds. The van der Waals surface area contributed by atoms with Crippen LogP contribution in [0.5, 0.6) is 5.75 Å². The normalized spacial score (nSPS) is 12.6. The molecule has 0 aliphatic heterocycles. The Labute approximate surface area is 164 Å². The topological polar surface area (TPSA) is 84.5 Å². The van der Waals surface area contributed by atoms with E-state index in [9.17, 15) is 13.2 Å². The van der Waals surface area contributed by atoms with Crippen molar-refractivity contribution in [2.75, 3.05) is 12.4 Å². The van der Waals surface area contributed by atoms with Gasteiger partial charge in [0.05, 0.1) is 17.3 Å². The molecular weight excluding hydrogens is 384 g/mol. The van der Waals surface area contributed by atoms with Crippen molar-refractivity contribution in [3.8, 4) is 5.75 Å². The average Bonchev–Trinajstić information content (AvgIpc) is 2.61. The van der Waals surface area contributed by atoms with Crippen molar-refractivity contribution in [1.82, 2.24) is 4.72 Å². The molecule has 0 bridgehead atoms. The molecule has 0 aliphatic rings. The number of anilines is 1. The first-order valence-electron chi connectivity index (χ1n) is 8.45. The number of rotatable bonds is 8. The first-order chi connectivity index (χ1) is 12.7. The van der Waals surface area contributed by atoms with Crippen LogP contribution in [-0.4, -0.2) is 32.7 Å². The van der Waals surface area contributed by atoms with Crippen LogP contribution in [0.15, 0.2) is 58.3 Å². The molecule has 6 nitrogen and oxygen atoms in total. The highest BCUT2D eigenvalue weighted by Crippen LogP contribution is 2.26. The molecule has 1 atom stereocenters. The fourth-order valence-corrected chi connectivity index (χ4v) is 4.37. The SMILES string of the molecule is COc1ccc(SC(C)C(=O)Nc2ccc(S(=O)(=O)NC(C)C)cc2)cc1. The van der Waals surface area contributed by atoms with Crippen LogP contribution in [0.3, 0.4) is 0 Å². The van der Waals surface area contributed by atoms with Gasteiger partial charge in [-0.25, -0.2) is 13.1 Å². The molecule has 0 radical (unpaired) electrons. The van der Waals surface area contributed by atoms with E-state index in [1.807, 2.05) is 31.2 Å². The van der Waals surface area contributed by atoms with Gasteiger partial charge in [-0.05, 0) is 69.3 Å². The maximum atomic E-state index is 12.4. The van der Waals surface area contributed by atoms with Crippen molar-refractivity contribution in [2.24, 2.45) is 0 Å². The predicted octanol–water partition coefficient (Wildman–Crippen LogP) is 3.50. The molecule has 0 saturated heterocycles. The Kier molecular flexibility index (Phi) is 7.29. The van der Waals surface area contributed by atoms with Crippen LogP contribution in [0.4, 0.5) is 5.69 Å². The average molecular weight is 409 g/mol. The molecule has 2 aromatic rings. The summed E-state index contributed by atoms with van der Waals surface area (Å²) in [6, 6.07) is 13.4. The molecule has 27 heavy (non-hydrogen) atoms. The Morgan fingerprint density at radius 3 is 2.11 bits per heavy atom. The van der Waals surface area contributed by atoms with Gasteiger partial charge in [-0.15, -0.1) is 11.8 Å². The van der Waals surface area contributed by atoms with Crippen LogP contribution in [0.1, 0.15) is 20.8 Å². The highest BCUT2D eigenvalue weighted by atomic mass is 32.2. The lowest BCUT2D eigenvalue weighted by Gasteiger charge is -2.13. The third-order valence-electron chi connectivity index (χ3n) is 3.56. The number of hydrogen-bond acceptors (Lipinski definition) is 5. The second kappa shape index (κ2) is 9.25. The van der Waals surface area contributed by atoms with Crippen molar-refractivity contribution >= 4 is 33.4 Å². The molecular formula is C19H24N2O4S2. The van der Waals surface area contributed by atoms with E-state index >= 15 is 0 Å². The maximum absolute atomic E-state index is 12.4. The van der Waals surface area contributed by atoms with Crippen molar-refractivity contribution in [2.45, 2.75) is 41.9 Å². The smallest absolute Gasteiger partial charge is 0.240 e. The Balaban J connectivity index is 1.98. The molecule has 2 rings (SSSR count). The number of methoxy groups -OCH3 is 1. The van der Waals surface area contributed by atoms with Gasteiger partial charge in [0.2, 0.25) is 15.9 Å². The minimum Gasteiger partial charge on any atom is -0.497 e. The van der Waals surface area contributed by atoms with Crippen LogP contribution >= 0.6 is 11.8 Å². The Morgan fingerprint density at radius 2 is 1.59 bits per heavy atom. The summed E-state index contributed by atoms with van der Waals surface area (Å²) >= 11 is 1.43. The molecule has 0 aromatic heterocycles. The highest BCUT2D eigenvalue weighted by molar-refractivity contribution is 8.00. The largest absolute Gasteiger partial charge is 0.497 e. The molecule has 2 N–H and O–H groups in total. The van der Waals surface area contributed by atoms with Gasteiger partial charge in [-0.1, -0.05) is 0 Å². The maximum Gasteiger partial charge on any atom is 0.240 e. The number of nitrogens with one attached hydrogen (secondary N) is 2. The third-order valence-corrected chi connectivity index (χ3v) is 6.35. The summed E-state index contributed by atoms with van der Waals surface area (Å²) in [6.07, 6.45) is 0. The van der Waals surface area contributed by atoms with Gasteiger partial charge in [0.15, 0.2) is 0 Å². The van der Waals surface area contributed by atoms with E-state index in [1.54, 1.807) is 33.1 Å². The summed E-state index contributed by atoms with van der Waals surface area (Å²) in [6.45, 7) is 5.33. The van der Waals surface area contributed by atoms with Crippen molar-refractivity contribution in [3.63, 3.8) is 0 Å². The quantitative estimate of drug-likeness (QED) is 0.653. The van der Waals surface area contributed by atoms with Gasteiger partial charge in [-0.2, -0.15) is 0 Å². The van der Waals surface area contributed by atoms with Gasteiger partial charge in [-0.3, -0.25) is 4.79 Å². The van der Waals surface area contributed by atoms with Crippen LogP contribution < -0.4 is 14.8 Å². The third kappa shape index (κ3) is 6.27. The van der Waals surface area contributed by atoms with E-state index < -0.39 is 10.0 Å². The van der Waals surface area contributed by atoms with Gasteiger partial charge < -0.3 is 10.1 Å². The fraction of sp³-hybridized carbons (Fsp3) is 0.316. The van der Waals surface area contributed by atoms with E-state index in [2.05, 4.69) is 10.0 Å². The van der Waals surface area contributed by atoms with Crippen LogP contribution in [-0.2, 0) is 14.8 Å². The number of carbonyl (C=O) groups is 1. The first kappa shape index (κ1) is 21.3. The molecule has 0 heterocycles. The lowest BCUT2D eigenvalue weighted by Crippen LogP contribution is -2.30. The number of hydrogen-bond donors (Lipinski definition) is 2. The summed E-state index contributed by atoms with van der Waals surface area (Å²) in [5.41, 5.74) is 0.547. The lowest BCUT2D eigenvalue weighted by molar-refractivity contribution is -0.115. The Hall–Kier alpha value is -2.03. The number of thioether (sulfide) groups is 1. The number of ether oxygens (including phenoxy) is 1. The van der Waals surface area contributed by atoms with Gasteiger partial charge in [0.1, 0.15) is 5.75 Å². The van der Waals surface area contributed by atoms with Gasteiger partial charge in [0, 0.05) is 16.6 Å². The minimum absolute atomic E-state index is 0.160. The molecule has 0 aliphatic carbocycles. The summed E-state index contributed by atoms with van der Waals surface area (Å²) in [7, 11) is -1.94. The molecule has 1 unspecified atom stereocenters. The van der Waals surface area contributed by atoms with E-state index in [1.165, 1.54) is 23.9 Å². The monoisotopic (exact) mass is 408 g/mol. The molecule has 2 aromatic carbocycles. The van der Waals surface area contributed by atoms with Crippen molar-refractivity contribution in [1.29, 1.82) is 0 Å². The van der Waals surface area contributed by atoms with Crippen LogP contribution in [0, 0.1) is 0 Å². The molecule has 0 saturated carbocycles. The molecule has 146 valence electrons. The Bertz CT molecular complexity index is 864. The van der Waals surface area contributed by atoms with Crippen LogP contribution in [0.25, 0.3) is 0 Å². The minimum atomic E-state index is -3.54. The van der Waals surface area contributed by atoms with Crippen molar-refractivity contribution in [3.05, 3.63) is 48.5 Å². The van der Waals surface area contributed by atoms with E-state index in [4.69, 9.17) is 4.74 Å². The van der Waals surface area contributed by atoms with Gasteiger partial charge >= 0.3 is 0 Å². The summed E-state index contributed by atoms with van der Waals surface area (Å²) in [4.78, 5) is 13.5. The van der Waals surface area contributed by atoms with E-state index in [-0.39, 0.29) is 22.1 Å². The zero-order chi connectivity index (χ0) is 20.0. The van der Waals surface area contributed by atoms with Gasteiger partial charge in [0.25, 0.3) is 0 Å². The fourth-order valence-electron chi connectivity index (χ4n) is 2.25. The summed E-state index contributed by atoms with van der Waals surface area (Å²) in [5, 5.41) is 2.49. The number of benzene rings is 2. The van der Waals surface area contributed by atoms with E-state index in [0.717, 1.165) is 10.6 Å². The standard InChI is InChI=1S/C19H24N2O4S2/c1-13(2)21-27(23,24)18-11-5-15(6-12-18)20-19(22)14(3)26-17-9-7-16(25-4)8-10-17/h5-14,21H,1-4H3,(H,20,22). The van der Waals surface area contributed by atoms with Crippen molar-refractivity contribution < 1.29 is 17.9 Å². The van der Waals surface area contributed by atoms with Crippen LogP contribution in [0.2, 0.25) is 0 Å². The molecule has 8 heteroatoms. The summed E-state index contributed by atoms with van der Waals surface area (Å²) in [5.74, 6) is 0.602. The first-order valence-corrected chi connectivity index (χ1v) is 10.8. The molecule has 0 spiro atoms. The number of sulfonamides is 1. The lowest BCUT2D eigenvalue weighted by atomic mass is 10.3. The number of amides is 1. The predicted molar refractivity (Wildman–Crippen MR) is 109 cm³/mol. The zero-order valence-corrected chi connectivity index (χ0v) is 17.4. The highest BCUT2D eigenvalue weighted by Gasteiger charge is 2.17.